The third-order valence-electron chi connectivity index (χ3n) is 2.11. The molecular formula is C10H12N2O. The Kier molecular flexibility index (Phi) is 1.94. The van der Waals surface area contributed by atoms with Crippen LogP contribution in [0, 0.1) is 0 Å². The standard InChI is InChI=1S/C10H12N2O/c1-13-9-4-2-3-7-5-8(6-11)12-10(7)9/h2-5,12H,6,11H2,1H3. The molecule has 68 valence electrons. The predicted molar refractivity (Wildman–Crippen MR) is 52.7 cm³/mol. The van der Waals surface area contributed by atoms with E-state index in [2.05, 4.69) is 4.98 Å². The Labute approximate surface area is 76.5 Å². The zero-order valence-electron chi connectivity index (χ0n) is 7.50. The molecule has 0 spiro atoms. The second-order valence-electron chi connectivity index (χ2n) is 2.92. The van der Waals surface area contributed by atoms with Gasteiger partial charge in [0.2, 0.25) is 0 Å². The molecule has 0 aliphatic carbocycles. The third kappa shape index (κ3) is 1.27. The van der Waals surface area contributed by atoms with Gasteiger partial charge in [0.05, 0.1) is 12.6 Å². The monoisotopic (exact) mass is 176 g/mol. The van der Waals surface area contributed by atoms with Crippen LogP contribution < -0.4 is 10.5 Å². The van der Waals surface area contributed by atoms with E-state index < -0.39 is 0 Å². The number of nitrogens with one attached hydrogen (secondary N) is 1. The summed E-state index contributed by atoms with van der Waals surface area (Å²) >= 11 is 0. The van der Waals surface area contributed by atoms with E-state index in [1.807, 2.05) is 24.3 Å². The van der Waals surface area contributed by atoms with E-state index in [1.165, 1.54) is 0 Å². The van der Waals surface area contributed by atoms with Gasteiger partial charge in [-0.25, -0.2) is 0 Å². The molecule has 13 heavy (non-hydrogen) atoms. The minimum Gasteiger partial charge on any atom is -0.495 e. The molecular weight excluding hydrogens is 164 g/mol. The number of rotatable bonds is 2. The zero-order chi connectivity index (χ0) is 9.26. The van der Waals surface area contributed by atoms with Crippen molar-refractivity contribution in [3.8, 4) is 5.75 Å². The molecule has 0 amide bonds. The van der Waals surface area contributed by atoms with Crippen molar-refractivity contribution in [2.45, 2.75) is 6.54 Å². The average molecular weight is 176 g/mol. The van der Waals surface area contributed by atoms with Gasteiger partial charge in [0.1, 0.15) is 5.75 Å². The molecule has 3 heteroatoms. The fourth-order valence-corrected chi connectivity index (χ4v) is 1.47. The maximum absolute atomic E-state index is 5.53. The number of para-hydroxylation sites is 1. The highest BCUT2D eigenvalue weighted by atomic mass is 16.5. The van der Waals surface area contributed by atoms with Crippen molar-refractivity contribution in [3.63, 3.8) is 0 Å². The van der Waals surface area contributed by atoms with E-state index >= 15 is 0 Å². The van der Waals surface area contributed by atoms with E-state index in [0.717, 1.165) is 22.3 Å². The van der Waals surface area contributed by atoms with Gasteiger partial charge >= 0.3 is 0 Å². The first kappa shape index (κ1) is 8.13. The van der Waals surface area contributed by atoms with Gasteiger partial charge in [-0.3, -0.25) is 0 Å². The summed E-state index contributed by atoms with van der Waals surface area (Å²) < 4.78 is 5.21. The molecule has 0 radical (unpaired) electrons. The van der Waals surface area contributed by atoms with Gasteiger partial charge in [0.25, 0.3) is 0 Å². The summed E-state index contributed by atoms with van der Waals surface area (Å²) in [6.45, 7) is 0.526. The molecule has 0 saturated carbocycles. The number of aromatic nitrogens is 1. The minimum atomic E-state index is 0.526. The van der Waals surface area contributed by atoms with Gasteiger partial charge in [-0.1, -0.05) is 12.1 Å². The summed E-state index contributed by atoms with van der Waals surface area (Å²) in [6.07, 6.45) is 0. The van der Waals surface area contributed by atoms with Crippen molar-refractivity contribution >= 4 is 10.9 Å². The topological polar surface area (TPSA) is 51.0 Å². The molecule has 0 saturated heterocycles. The summed E-state index contributed by atoms with van der Waals surface area (Å²) in [7, 11) is 1.66. The van der Waals surface area contributed by atoms with Crippen molar-refractivity contribution in [1.29, 1.82) is 0 Å². The van der Waals surface area contributed by atoms with Crippen LogP contribution in [0.5, 0.6) is 5.75 Å². The van der Waals surface area contributed by atoms with E-state index in [0.29, 0.717) is 6.54 Å². The molecule has 1 heterocycles. The van der Waals surface area contributed by atoms with Crippen LogP contribution in [0.3, 0.4) is 0 Å². The van der Waals surface area contributed by atoms with Crippen molar-refractivity contribution in [3.05, 3.63) is 30.0 Å². The first-order valence-electron chi connectivity index (χ1n) is 4.20. The molecule has 1 aromatic carbocycles. The maximum atomic E-state index is 5.53. The fourth-order valence-electron chi connectivity index (χ4n) is 1.47. The Balaban J connectivity index is 2.67. The lowest BCUT2D eigenvalue weighted by Crippen LogP contribution is -1.95. The number of benzene rings is 1. The first-order chi connectivity index (χ1) is 6.35. The van der Waals surface area contributed by atoms with Crippen LogP contribution in [0.15, 0.2) is 24.3 Å². The van der Waals surface area contributed by atoms with E-state index in [9.17, 15) is 0 Å². The lowest BCUT2D eigenvalue weighted by molar-refractivity contribution is 0.419. The SMILES string of the molecule is COc1cccc2cc(CN)[nH]c12. The van der Waals surface area contributed by atoms with Gasteiger partial charge in [-0.05, 0) is 12.1 Å². The van der Waals surface area contributed by atoms with E-state index in [4.69, 9.17) is 10.5 Å². The summed E-state index contributed by atoms with van der Waals surface area (Å²) in [5.74, 6) is 0.859. The van der Waals surface area contributed by atoms with Crippen LogP contribution in [-0.2, 0) is 6.54 Å². The zero-order valence-corrected chi connectivity index (χ0v) is 7.50. The molecule has 0 fully saturated rings. The third-order valence-corrected chi connectivity index (χ3v) is 2.11. The fraction of sp³-hybridized carbons (Fsp3) is 0.200. The molecule has 0 aliphatic rings. The Morgan fingerprint density at radius 3 is 3.00 bits per heavy atom. The Morgan fingerprint density at radius 1 is 1.46 bits per heavy atom. The van der Waals surface area contributed by atoms with E-state index in [-0.39, 0.29) is 0 Å². The summed E-state index contributed by atoms with van der Waals surface area (Å²) in [4.78, 5) is 3.21. The normalized spacial score (nSPS) is 10.6. The Bertz CT molecular complexity index is 420. The molecule has 0 bridgehead atoms. The summed E-state index contributed by atoms with van der Waals surface area (Å²) in [5, 5.41) is 1.14. The number of hydrogen-bond donors (Lipinski definition) is 2. The second-order valence-corrected chi connectivity index (χ2v) is 2.92. The largest absolute Gasteiger partial charge is 0.495 e. The quantitative estimate of drug-likeness (QED) is 0.730. The second kappa shape index (κ2) is 3.11. The van der Waals surface area contributed by atoms with Gasteiger partial charge < -0.3 is 15.5 Å². The average Bonchev–Trinajstić information content (AvgIpc) is 2.59. The number of nitrogens with two attached hydrogens (primary N) is 1. The molecule has 0 unspecified atom stereocenters. The highest BCUT2D eigenvalue weighted by Gasteiger charge is 2.03. The molecule has 3 nitrogen and oxygen atoms in total. The predicted octanol–water partition coefficient (Wildman–Crippen LogP) is 1.64. The first-order valence-corrected chi connectivity index (χ1v) is 4.20. The molecule has 3 N–H and O–H groups in total. The van der Waals surface area contributed by atoms with Crippen molar-refractivity contribution in [1.82, 2.24) is 4.98 Å². The Hall–Kier alpha value is -1.48. The summed E-state index contributed by atoms with van der Waals surface area (Å²) in [6, 6.07) is 7.97. The summed E-state index contributed by atoms with van der Waals surface area (Å²) in [5.41, 5.74) is 7.58. The van der Waals surface area contributed by atoms with Gasteiger partial charge in [-0.2, -0.15) is 0 Å². The number of H-pyrrole nitrogens is 1. The highest BCUT2D eigenvalue weighted by molar-refractivity contribution is 5.86. The van der Waals surface area contributed by atoms with Gasteiger partial charge in [0, 0.05) is 17.6 Å². The number of ether oxygens (including phenoxy) is 1. The molecule has 1 aromatic heterocycles. The van der Waals surface area contributed by atoms with Crippen molar-refractivity contribution in [2.24, 2.45) is 5.73 Å². The number of methoxy groups -OCH3 is 1. The smallest absolute Gasteiger partial charge is 0.142 e. The van der Waals surface area contributed by atoms with Crippen LogP contribution in [0.4, 0.5) is 0 Å². The highest BCUT2D eigenvalue weighted by Crippen LogP contribution is 2.24. The number of aromatic amines is 1. The number of hydrogen-bond acceptors (Lipinski definition) is 2. The molecule has 0 aliphatic heterocycles. The molecule has 2 aromatic rings. The Morgan fingerprint density at radius 2 is 2.31 bits per heavy atom. The van der Waals surface area contributed by atoms with Crippen LogP contribution in [0.25, 0.3) is 10.9 Å². The van der Waals surface area contributed by atoms with Crippen LogP contribution in [0.2, 0.25) is 0 Å². The molecule has 2 rings (SSSR count). The van der Waals surface area contributed by atoms with Crippen LogP contribution in [0.1, 0.15) is 5.69 Å². The molecule has 0 atom stereocenters. The van der Waals surface area contributed by atoms with Crippen molar-refractivity contribution in [2.75, 3.05) is 7.11 Å². The van der Waals surface area contributed by atoms with Crippen LogP contribution >= 0.6 is 0 Å². The van der Waals surface area contributed by atoms with Crippen molar-refractivity contribution < 1.29 is 4.74 Å². The maximum Gasteiger partial charge on any atom is 0.142 e. The lowest BCUT2D eigenvalue weighted by Gasteiger charge is -1.99. The number of fused-ring (bicyclic) bond motifs is 1. The lowest BCUT2D eigenvalue weighted by atomic mass is 10.2. The van der Waals surface area contributed by atoms with E-state index in [1.54, 1.807) is 7.11 Å². The van der Waals surface area contributed by atoms with Gasteiger partial charge in [-0.15, -0.1) is 0 Å². The van der Waals surface area contributed by atoms with Crippen LogP contribution in [-0.4, -0.2) is 12.1 Å². The van der Waals surface area contributed by atoms with Gasteiger partial charge in [0.15, 0.2) is 0 Å². The minimum absolute atomic E-state index is 0.526.